The number of carbonyl (C=O) groups excluding carboxylic acids is 1. The fourth-order valence-electron chi connectivity index (χ4n) is 4.58. The first-order valence-electron chi connectivity index (χ1n) is 29.3. The van der Waals surface area contributed by atoms with Gasteiger partial charge >= 0.3 is 6.18 Å². The molecule has 1 fully saturated rings. The number of carbonyl (C=O) groups is 1. The molecule has 6 rings (SSSR count). The number of likely N-dealkylation sites (tertiary alicyclic amines) is 1. The van der Waals surface area contributed by atoms with E-state index in [2.05, 4.69) is 4.74 Å². The van der Waals surface area contributed by atoms with Crippen molar-refractivity contribution < 1.29 is 71.2 Å². The first-order valence-corrected chi connectivity index (χ1v) is 15.6. The number of para-hydroxylation sites is 1. The van der Waals surface area contributed by atoms with Crippen molar-refractivity contribution in [1.29, 1.82) is 0 Å². The monoisotopic (exact) mass is 778 g/mol. The summed E-state index contributed by atoms with van der Waals surface area (Å²) in [6.07, 6.45) is -14.4. The van der Waals surface area contributed by atoms with Crippen molar-refractivity contribution in [1.82, 2.24) is 14.4 Å². The molecular formula is C41H40F5N3O3S. The molecule has 1 saturated heterocycles. The van der Waals surface area contributed by atoms with Crippen molar-refractivity contribution in [3.63, 3.8) is 0 Å². The third-order valence-corrected chi connectivity index (χ3v) is 7.90. The fraction of sp³-hybridized carbons (Fsp3) is 0.317. The number of piperidine rings is 1. The molecule has 12 heteroatoms. The van der Waals surface area contributed by atoms with Crippen LogP contribution in [-0.4, -0.2) is 59.5 Å². The standard InChI is InChI=1S/C41H40F5N3O3S/c1-27-22-30(14-15-34(27)41(44,45)46)29-12-10-28(11-13-29)24-48(32-16-18-47(19-17-32)20-21-52-2)38(51)25-49-36-9-4-3-7-33(36)37(50)23-39(49)53-26-31-6-5-8-35(42)40(31)43/h3-15,22-23,32H,16-21,24-26H2,1-2H3/i2D3,3D,4D,5D,6D,7D,8D,9D,10D,11D,12D,13D,14D,15D,16D2,17D2,18D2,19D2,22D,23D,26D2,32D. The number of benzene rings is 4. The number of methoxy groups -OCH3 is 1. The number of ether oxygens (including phenoxy) is 1. The van der Waals surface area contributed by atoms with Gasteiger partial charge in [-0.15, -0.1) is 11.8 Å². The highest BCUT2D eigenvalue weighted by Gasteiger charge is 2.32. The molecular weight excluding hydrogens is 710 g/mol. The predicted molar refractivity (Wildman–Crippen MR) is 198 cm³/mol. The molecule has 53 heavy (non-hydrogen) atoms. The molecule has 278 valence electrons. The molecule has 0 unspecified atom stereocenters. The van der Waals surface area contributed by atoms with Crippen LogP contribution in [0.25, 0.3) is 22.0 Å². The second kappa shape index (κ2) is 16.7. The Labute approximate surface area is 349 Å². The normalized spacial score (nSPS) is 26.9. The van der Waals surface area contributed by atoms with Crippen LogP contribution in [-0.2, 0) is 34.5 Å². The molecule has 1 aliphatic rings. The number of hydrogen-bond acceptors (Lipinski definition) is 5. The number of alkyl halides is 3. The Bertz CT molecular complexity index is 3480. The van der Waals surface area contributed by atoms with Crippen LogP contribution in [0.3, 0.4) is 0 Å². The van der Waals surface area contributed by atoms with Crippen molar-refractivity contribution >= 4 is 28.6 Å². The molecule has 6 nitrogen and oxygen atoms in total. The Morgan fingerprint density at radius 2 is 1.77 bits per heavy atom. The van der Waals surface area contributed by atoms with E-state index in [1.54, 1.807) is 0 Å². The topological polar surface area (TPSA) is 54.8 Å². The van der Waals surface area contributed by atoms with Crippen LogP contribution in [0.1, 0.15) is 74.8 Å². The molecule has 0 N–H and O–H groups in total. The minimum atomic E-state index is -5.35. The Morgan fingerprint density at radius 3 is 2.51 bits per heavy atom. The van der Waals surface area contributed by atoms with E-state index in [1.165, 1.54) is 0 Å². The number of thioether (sulfide) groups is 1. The first-order chi connectivity index (χ1) is 37.0. The summed E-state index contributed by atoms with van der Waals surface area (Å²) < 4.78 is 328. The number of nitrogens with zero attached hydrogens (tertiary/aromatic N) is 3. The van der Waals surface area contributed by atoms with Gasteiger partial charge in [-0.3, -0.25) is 9.59 Å². The lowest BCUT2D eigenvalue weighted by Gasteiger charge is -2.39. The summed E-state index contributed by atoms with van der Waals surface area (Å²) in [7, 11) is -3.28. The number of halogens is 5. The summed E-state index contributed by atoms with van der Waals surface area (Å²) in [6.45, 7) is -14.2. The molecule has 5 aromatic rings. The zero-order valence-corrected chi connectivity index (χ0v) is 27.5. The third kappa shape index (κ3) is 9.00. The Kier molecular flexibility index (Phi) is 5.05. The molecule has 0 spiro atoms. The number of rotatable bonds is 12. The van der Waals surface area contributed by atoms with Crippen LogP contribution in [0, 0.1) is 18.6 Å². The summed E-state index contributed by atoms with van der Waals surface area (Å²) in [6, 6.07) is -25.9. The van der Waals surface area contributed by atoms with Crippen LogP contribution in [0.15, 0.2) is 100 Å². The predicted octanol–water partition coefficient (Wildman–Crippen LogP) is 8.71. The molecule has 1 aliphatic heterocycles. The van der Waals surface area contributed by atoms with E-state index in [4.69, 9.17) is 32.9 Å². The molecule has 2 heterocycles. The van der Waals surface area contributed by atoms with Crippen molar-refractivity contribution in [2.75, 3.05) is 33.2 Å². The number of pyridine rings is 1. The van der Waals surface area contributed by atoms with E-state index in [-0.39, 0.29) is 9.47 Å². The van der Waals surface area contributed by atoms with E-state index in [0.29, 0.717) is 6.92 Å². The third-order valence-electron chi connectivity index (χ3n) is 7.08. The summed E-state index contributed by atoms with van der Waals surface area (Å²) in [5, 5.41) is -2.60. The number of fused-ring (bicyclic) bond motifs is 1. The van der Waals surface area contributed by atoms with Gasteiger partial charge in [0.15, 0.2) is 17.1 Å². The van der Waals surface area contributed by atoms with E-state index < -0.39 is 256 Å². The zero-order chi connectivity index (χ0) is 63.1. The van der Waals surface area contributed by atoms with Crippen molar-refractivity contribution in [3.05, 3.63) is 135 Å². The van der Waals surface area contributed by atoms with Crippen LogP contribution in [0.2, 0.25) is 0 Å². The Morgan fingerprint density at radius 1 is 1.04 bits per heavy atom. The van der Waals surface area contributed by atoms with E-state index in [0.717, 1.165) is 0 Å². The molecule has 0 aliphatic carbocycles. The van der Waals surface area contributed by atoms with Crippen molar-refractivity contribution in [3.8, 4) is 11.1 Å². The summed E-state index contributed by atoms with van der Waals surface area (Å²) >= 11 is -0.602. The highest BCUT2D eigenvalue weighted by Crippen LogP contribution is 2.34. The van der Waals surface area contributed by atoms with Crippen LogP contribution in [0.4, 0.5) is 22.0 Å². The Balaban J connectivity index is 1.75. The van der Waals surface area contributed by atoms with E-state index >= 15 is 13.6 Å². The second-order valence-electron chi connectivity index (χ2n) is 10.6. The highest BCUT2D eigenvalue weighted by atomic mass is 32.2. The number of amides is 1. The maximum Gasteiger partial charge on any atom is 0.416 e. The van der Waals surface area contributed by atoms with Crippen LogP contribution < -0.4 is 5.43 Å². The van der Waals surface area contributed by atoms with Gasteiger partial charge in [-0.25, -0.2) is 8.78 Å². The maximum atomic E-state index is 15.7. The van der Waals surface area contributed by atoms with Gasteiger partial charge in [0.05, 0.1) is 48.8 Å². The SMILES string of the molecule is [2H]c1c([2H])c(F)c(F)c(C([2H])([2H])Sc2c([2H])c(=O)c3c([2H])c([2H])c([2H])c([2H])c3n2CC(=O)N(Cc2c([2H])c([2H])c(-c3c([2H])c([2H])c(C(F)(F)F)c(C)c3[2H])c([2H])c2[2H])C2([2H])C([2H])([2H])C([2H])([2H])N(CCOC([2H])([2H])[2H])C([2H])([2H])C2([2H])[2H])c1[2H]. The summed E-state index contributed by atoms with van der Waals surface area (Å²) in [5.74, 6) is -6.68. The van der Waals surface area contributed by atoms with Gasteiger partial charge in [-0.2, -0.15) is 13.2 Å². The van der Waals surface area contributed by atoms with Crippen LogP contribution in [0.5, 0.6) is 0 Å². The van der Waals surface area contributed by atoms with Gasteiger partial charge in [0, 0.05) is 75.5 Å². The fourth-order valence-corrected chi connectivity index (χ4v) is 5.33. The molecule has 1 amide bonds. The van der Waals surface area contributed by atoms with Gasteiger partial charge in [-0.05, 0) is 66.1 Å². The molecule has 4 aromatic carbocycles. The quantitative estimate of drug-likeness (QED) is 0.0938. The molecule has 1 aromatic heterocycles. The lowest BCUT2D eigenvalue weighted by Crippen LogP contribution is -2.48. The average Bonchev–Trinajstić information content (AvgIpc) is 2.04. The van der Waals surface area contributed by atoms with Crippen molar-refractivity contribution in [2.45, 2.75) is 55.7 Å². The van der Waals surface area contributed by atoms with Gasteiger partial charge in [0.2, 0.25) is 5.91 Å². The number of aromatic nitrogens is 1. The molecule has 0 radical (unpaired) electrons. The molecule has 0 saturated carbocycles. The first kappa shape index (κ1) is 16.1. The van der Waals surface area contributed by atoms with E-state index in [1.807, 2.05) is 0 Å². The second-order valence-corrected chi connectivity index (χ2v) is 11.3. The van der Waals surface area contributed by atoms with Gasteiger partial charge in [0.25, 0.3) is 0 Å². The minimum absolute atomic E-state index is 0.126. The minimum Gasteiger partial charge on any atom is -0.383 e. The largest absolute Gasteiger partial charge is 0.416 e. The summed E-state index contributed by atoms with van der Waals surface area (Å²) in [5.41, 5.74) is -14.8. The lowest BCUT2D eigenvalue weighted by atomic mass is 9.98. The van der Waals surface area contributed by atoms with E-state index in [9.17, 15) is 24.8 Å². The average molecular weight is 779 g/mol. The highest BCUT2D eigenvalue weighted by molar-refractivity contribution is 7.98. The maximum absolute atomic E-state index is 15.7. The zero-order valence-electron chi connectivity index (χ0n) is 55.7. The molecule has 0 bridgehead atoms. The van der Waals surface area contributed by atoms with Gasteiger partial charge in [-0.1, -0.05) is 60.4 Å². The van der Waals surface area contributed by atoms with Crippen LogP contribution >= 0.6 is 11.8 Å². The number of hydrogen-bond donors (Lipinski definition) is 0. The smallest absolute Gasteiger partial charge is 0.383 e. The lowest BCUT2D eigenvalue weighted by molar-refractivity contribution is -0.138. The summed E-state index contributed by atoms with van der Waals surface area (Å²) in [4.78, 5) is 29.0. The van der Waals surface area contributed by atoms with Gasteiger partial charge in [0.1, 0.15) is 6.54 Å². The molecule has 0 atom stereocenters. The van der Waals surface area contributed by atoms with Gasteiger partial charge < -0.3 is 19.1 Å². The Hall–Kier alpha value is -4.52. The van der Waals surface area contributed by atoms with Crippen molar-refractivity contribution in [2.24, 2.45) is 0 Å².